The van der Waals surface area contributed by atoms with Gasteiger partial charge in [0.15, 0.2) is 0 Å². The number of aromatic amines is 1. The number of fused-ring (bicyclic) bond motifs is 3. The zero-order valence-corrected chi connectivity index (χ0v) is 17.8. The van der Waals surface area contributed by atoms with Gasteiger partial charge >= 0.3 is 0 Å². The van der Waals surface area contributed by atoms with Crippen LogP contribution >= 0.6 is 0 Å². The number of unbranched alkanes of at least 4 members (excludes halogenated alkanes) is 1. The summed E-state index contributed by atoms with van der Waals surface area (Å²) in [5.41, 5.74) is 2.92. The van der Waals surface area contributed by atoms with Crippen LogP contribution in [0.25, 0.3) is 10.9 Å². The number of nitrogens with zero attached hydrogens (tertiary/aromatic N) is 1. The number of nitrogens with one attached hydrogen (secondary N) is 2. The van der Waals surface area contributed by atoms with Crippen LogP contribution in [-0.2, 0) is 17.8 Å². The Kier molecular flexibility index (Phi) is 6.26. The zero-order chi connectivity index (χ0) is 22.8. The molecule has 0 bridgehead atoms. The van der Waals surface area contributed by atoms with Gasteiger partial charge in [0.2, 0.25) is 0 Å². The summed E-state index contributed by atoms with van der Waals surface area (Å²) in [6.45, 7) is 2.47. The van der Waals surface area contributed by atoms with Crippen molar-refractivity contribution < 1.29 is 18.7 Å². The van der Waals surface area contributed by atoms with Gasteiger partial charge in [-0.1, -0.05) is 25.5 Å². The molecule has 3 N–H and O–H groups in total. The average molecular weight is 437 g/mol. The van der Waals surface area contributed by atoms with Crippen LogP contribution in [0.1, 0.15) is 48.2 Å². The molecule has 2 aromatic carbocycles. The van der Waals surface area contributed by atoms with Crippen molar-refractivity contribution in [2.24, 2.45) is 0 Å². The summed E-state index contributed by atoms with van der Waals surface area (Å²) in [5, 5.41) is 13.6. The molecule has 0 aliphatic carbocycles. The molecular weight excluding hydrogens is 412 g/mol. The third-order valence-electron chi connectivity index (χ3n) is 5.98. The smallest absolute Gasteiger partial charge is 0.300 e. The zero-order valence-electron chi connectivity index (χ0n) is 17.8. The molecule has 1 aromatic heterocycles. The first kappa shape index (κ1) is 22.0. The maximum Gasteiger partial charge on any atom is 0.300 e. The van der Waals surface area contributed by atoms with Crippen molar-refractivity contribution in [3.05, 3.63) is 70.4 Å². The minimum Gasteiger partial charge on any atom is -0.392 e. The summed E-state index contributed by atoms with van der Waals surface area (Å²) in [4.78, 5) is 17.6. The Balaban J connectivity index is 1.94. The first-order chi connectivity index (χ1) is 15.5. The van der Waals surface area contributed by atoms with Gasteiger partial charge in [0, 0.05) is 17.5 Å². The summed E-state index contributed by atoms with van der Waals surface area (Å²) in [6.07, 6.45) is 7.40. The highest BCUT2D eigenvalue weighted by Gasteiger charge is 2.40. The van der Waals surface area contributed by atoms with Gasteiger partial charge in [-0.05, 0) is 59.8 Å². The van der Waals surface area contributed by atoms with Gasteiger partial charge in [-0.2, -0.15) is 0 Å². The van der Waals surface area contributed by atoms with E-state index in [-0.39, 0.29) is 6.61 Å². The van der Waals surface area contributed by atoms with Gasteiger partial charge in [-0.15, -0.1) is 6.42 Å². The van der Waals surface area contributed by atoms with Gasteiger partial charge in [0.25, 0.3) is 5.91 Å². The van der Waals surface area contributed by atoms with Crippen LogP contribution in [0.2, 0.25) is 0 Å². The van der Waals surface area contributed by atoms with Crippen molar-refractivity contribution in [2.75, 3.05) is 6.54 Å². The molecule has 1 aliphatic rings. The van der Waals surface area contributed by atoms with Gasteiger partial charge < -0.3 is 15.0 Å². The Bertz CT molecular complexity index is 1180. The average Bonchev–Trinajstić information content (AvgIpc) is 3.17. The van der Waals surface area contributed by atoms with E-state index in [1.165, 1.54) is 18.2 Å². The topological polar surface area (TPSA) is 68.4 Å². The maximum absolute atomic E-state index is 14.8. The second-order valence-electron chi connectivity index (χ2n) is 8.01. The number of hydrogen-bond acceptors (Lipinski definition) is 3. The lowest BCUT2D eigenvalue weighted by Crippen LogP contribution is -2.54. The number of aromatic nitrogens is 1. The molecular formula is C25H25F2N3O2. The van der Waals surface area contributed by atoms with Crippen molar-refractivity contribution in [1.29, 1.82) is 0 Å². The van der Waals surface area contributed by atoms with E-state index >= 15 is 0 Å². The second kappa shape index (κ2) is 9.11. The van der Waals surface area contributed by atoms with Crippen molar-refractivity contribution in [2.45, 2.75) is 45.0 Å². The highest BCUT2D eigenvalue weighted by Crippen LogP contribution is 2.41. The summed E-state index contributed by atoms with van der Waals surface area (Å²) < 4.78 is 28.5. The van der Waals surface area contributed by atoms with E-state index in [2.05, 4.69) is 23.1 Å². The predicted octanol–water partition coefficient (Wildman–Crippen LogP) is 3.76. The van der Waals surface area contributed by atoms with E-state index in [0.29, 0.717) is 40.7 Å². The molecule has 0 saturated carbocycles. The fourth-order valence-electron chi connectivity index (χ4n) is 4.46. The third kappa shape index (κ3) is 3.88. The number of carbonyl (C=O) groups excluding carboxylic acids is 1. The van der Waals surface area contributed by atoms with Crippen LogP contribution in [0.4, 0.5) is 8.78 Å². The van der Waals surface area contributed by atoms with Crippen molar-refractivity contribution in [3.8, 4) is 12.3 Å². The van der Waals surface area contributed by atoms with E-state index in [4.69, 9.17) is 6.42 Å². The van der Waals surface area contributed by atoms with Crippen LogP contribution in [0.5, 0.6) is 0 Å². The van der Waals surface area contributed by atoms with Crippen LogP contribution in [0, 0.1) is 24.0 Å². The van der Waals surface area contributed by atoms with Crippen LogP contribution in [0.3, 0.4) is 0 Å². The van der Waals surface area contributed by atoms with E-state index in [0.717, 1.165) is 18.4 Å². The van der Waals surface area contributed by atoms with Crippen LogP contribution in [-0.4, -0.2) is 33.6 Å². The predicted molar refractivity (Wildman–Crippen MR) is 119 cm³/mol. The maximum atomic E-state index is 14.8. The first-order valence-corrected chi connectivity index (χ1v) is 10.7. The third-order valence-corrected chi connectivity index (χ3v) is 5.98. The number of carbonyl (C=O) groups is 1. The normalized spacial score (nSPS) is 17.9. The molecule has 7 heteroatoms. The number of aliphatic hydroxyl groups excluding tert-OH is 1. The van der Waals surface area contributed by atoms with Crippen molar-refractivity contribution in [1.82, 2.24) is 15.2 Å². The number of benzene rings is 2. The number of halogens is 2. The molecule has 0 radical (unpaired) electrons. The highest BCUT2D eigenvalue weighted by molar-refractivity contribution is 5.95. The molecule has 2 heterocycles. The molecule has 5 nitrogen and oxygen atoms in total. The quantitative estimate of drug-likeness (QED) is 0.406. The molecule has 4 rings (SSSR count). The molecule has 166 valence electrons. The first-order valence-electron chi connectivity index (χ1n) is 10.7. The van der Waals surface area contributed by atoms with Gasteiger partial charge in [-0.25, -0.2) is 8.78 Å². The van der Waals surface area contributed by atoms with E-state index < -0.39 is 29.7 Å². The number of H-pyrrole nitrogens is 1. The fourth-order valence-corrected chi connectivity index (χ4v) is 4.46. The van der Waals surface area contributed by atoms with Crippen LogP contribution in [0.15, 0.2) is 36.4 Å². The molecule has 0 saturated heterocycles. The number of amides is 1. The van der Waals surface area contributed by atoms with E-state index in [9.17, 15) is 18.7 Å². The molecule has 32 heavy (non-hydrogen) atoms. The Morgan fingerprint density at radius 3 is 2.72 bits per heavy atom. The minimum absolute atomic E-state index is 0.284. The van der Waals surface area contributed by atoms with Crippen molar-refractivity contribution in [3.63, 3.8) is 0 Å². The number of aliphatic hydroxyl groups is 1. The van der Waals surface area contributed by atoms with Gasteiger partial charge in [-0.3, -0.25) is 10.1 Å². The Hall–Kier alpha value is -3.21. The minimum atomic E-state index is -0.647. The molecule has 2 atom stereocenters. The molecule has 0 spiro atoms. The summed E-state index contributed by atoms with van der Waals surface area (Å²) >= 11 is 0. The summed E-state index contributed by atoms with van der Waals surface area (Å²) in [7, 11) is 0. The number of rotatable bonds is 6. The Morgan fingerprint density at radius 2 is 2.06 bits per heavy atom. The lowest BCUT2D eigenvalue weighted by Gasteiger charge is -2.41. The standard InChI is InChI=1S/C25H25F2N3O2/c1-3-5-10-28-21-13-19-18-11-15(14-31)12-20(27)23(18)29-24(19)25(30(21)22(32)4-2)16-6-8-17(26)9-7-16/h2,6-9,11-12,21,25,28-29,31H,3,5,10,13-14H2,1H3/t21-,25+/m1/s1. The largest absolute Gasteiger partial charge is 0.392 e. The van der Waals surface area contributed by atoms with Gasteiger partial charge in [0.05, 0.1) is 24.3 Å². The summed E-state index contributed by atoms with van der Waals surface area (Å²) in [6, 6.07) is 8.28. The monoisotopic (exact) mass is 437 g/mol. The summed E-state index contributed by atoms with van der Waals surface area (Å²) in [5.74, 6) is 0.829. The van der Waals surface area contributed by atoms with E-state index in [1.54, 1.807) is 23.1 Å². The molecule has 0 fully saturated rings. The van der Waals surface area contributed by atoms with Crippen LogP contribution < -0.4 is 5.32 Å². The lowest BCUT2D eigenvalue weighted by molar-refractivity contribution is -0.130. The highest BCUT2D eigenvalue weighted by atomic mass is 19.1. The molecule has 3 aromatic rings. The number of terminal acetylenes is 1. The molecule has 1 amide bonds. The second-order valence-corrected chi connectivity index (χ2v) is 8.01. The fraction of sp³-hybridized carbons (Fsp3) is 0.320. The van der Waals surface area contributed by atoms with E-state index in [1.807, 2.05) is 0 Å². The Labute approximate surface area is 185 Å². The van der Waals surface area contributed by atoms with Gasteiger partial charge in [0.1, 0.15) is 11.6 Å². The SMILES string of the molecule is C#CC(=O)N1[C@@H](c2ccc(F)cc2)c2[nH]c3c(F)cc(CO)cc3c2C[C@@H]1NCCCC. The number of hydrogen-bond donors (Lipinski definition) is 3. The lowest BCUT2D eigenvalue weighted by atomic mass is 9.90. The molecule has 0 unspecified atom stereocenters. The Morgan fingerprint density at radius 1 is 1.31 bits per heavy atom. The molecule has 1 aliphatic heterocycles. The van der Waals surface area contributed by atoms with Crippen molar-refractivity contribution >= 4 is 16.8 Å².